The monoisotopic (exact) mass is 352 g/mol. The van der Waals surface area contributed by atoms with Gasteiger partial charge in [-0.05, 0) is 50.2 Å². The van der Waals surface area contributed by atoms with Gasteiger partial charge in [0.1, 0.15) is 11.5 Å². The Morgan fingerprint density at radius 3 is 2.60 bits per heavy atom. The molecule has 4 nitrogen and oxygen atoms in total. The third kappa shape index (κ3) is 4.17. The zero-order chi connectivity index (χ0) is 17.8. The third-order valence-corrected chi connectivity index (χ3v) is 3.94. The molecule has 5 heteroatoms. The standard InChI is InChI=1S/C20H17ClN2O2/c1-13-10-11-17(14(2)22-13)20(24)23-15-6-5-7-16(12-15)25-19-9-4-3-8-18(19)21/h3-12H,1-2H3,(H,23,24). The van der Waals surface area contributed by atoms with Crippen LogP contribution in [0.4, 0.5) is 5.69 Å². The minimum absolute atomic E-state index is 0.208. The summed E-state index contributed by atoms with van der Waals surface area (Å²) in [5.74, 6) is 0.941. The van der Waals surface area contributed by atoms with Gasteiger partial charge < -0.3 is 10.1 Å². The number of para-hydroxylation sites is 1. The SMILES string of the molecule is Cc1ccc(C(=O)Nc2cccc(Oc3ccccc3Cl)c2)c(C)n1. The lowest BCUT2D eigenvalue weighted by Crippen LogP contribution is -2.14. The maximum Gasteiger partial charge on any atom is 0.257 e. The van der Waals surface area contributed by atoms with Gasteiger partial charge in [0.15, 0.2) is 0 Å². The fourth-order valence-electron chi connectivity index (χ4n) is 2.42. The fraction of sp³-hybridized carbons (Fsp3) is 0.100. The summed E-state index contributed by atoms with van der Waals surface area (Å²) in [6, 6.07) is 18.0. The molecular formula is C20H17ClN2O2. The summed E-state index contributed by atoms with van der Waals surface area (Å²) in [7, 11) is 0. The van der Waals surface area contributed by atoms with E-state index in [0.717, 1.165) is 5.69 Å². The lowest BCUT2D eigenvalue weighted by atomic mass is 10.1. The number of rotatable bonds is 4. The lowest BCUT2D eigenvalue weighted by Gasteiger charge is -2.11. The number of aromatic nitrogens is 1. The molecule has 0 unspecified atom stereocenters. The molecule has 3 aromatic rings. The topological polar surface area (TPSA) is 51.2 Å². The number of pyridine rings is 1. The Bertz CT molecular complexity index is 925. The van der Waals surface area contributed by atoms with Crippen LogP contribution in [0.25, 0.3) is 0 Å². The average Bonchev–Trinajstić information content (AvgIpc) is 2.57. The molecular weight excluding hydrogens is 336 g/mol. The molecule has 1 heterocycles. The van der Waals surface area contributed by atoms with Crippen LogP contribution in [-0.4, -0.2) is 10.9 Å². The van der Waals surface area contributed by atoms with Crippen molar-refractivity contribution in [2.24, 2.45) is 0 Å². The Labute approximate surface area is 151 Å². The summed E-state index contributed by atoms with van der Waals surface area (Å²) in [5.41, 5.74) is 2.75. The number of nitrogens with one attached hydrogen (secondary N) is 1. The first kappa shape index (κ1) is 17.0. The molecule has 25 heavy (non-hydrogen) atoms. The summed E-state index contributed by atoms with van der Waals surface area (Å²) in [6.07, 6.45) is 0. The molecule has 0 aliphatic rings. The van der Waals surface area contributed by atoms with E-state index in [0.29, 0.717) is 33.5 Å². The van der Waals surface area contributed by atoms with E-state index in [2.05, 4.69) is 10.3 Å². The highest BCUT2D eigenvalue weighted by Crippen LogP contribution is 2.30. The molecule has 0 aliphatic carbocycles. The molecule has 0 aliphatic heterocycles. The van der Waals surface area contributed by atoms with Crippen molar-refractivity contribution in [1.29, 1.82) is 0 Å². The van der Waals surface area contributed by atoms with Crippen LogP contribution < -0.4 is 10.1 Å². The van der Waals surface area contributed by atoms with Crippen molar-refractivity contribution in [2.75, 3.05) is 5.32 Å². The summed E-state index contributed by atoms with van der Waals surface area (Å²) >= 11 is 6.11. The normalized spacial score (nSPS) is 10.4. The van der Waals surface area contributed by atoms with Gasteiger partial charge in [-0.1, -0.05) is 29.8 Å². The van der Waals surface area contributed by atoms with Crippen LogP contribution in [-0.2, 0) is 0 Å². The highest BCUT2D eigenvalue weighted by molar-refractivity contribution is 6.32. The zero-order valence-corrected chi connectivity index (χ0v) is 14.7. The largest absolute Gasteiger partial charge is 0.456 e. The second-order valence-corrected chi connectivity index (χ2v) is 6.01. The Balaban J connectivity index is 1.77. The second kappa shape index (κ2) is 7.36. The maximum atomic E-state index is 12.5. The Hall–Kier alpha value is -2.85. The second-order valence-electron chi connectivity index (χ2n) is 5.60. The van der Waals surface area contributed by atoms with Crippen molar-refractivity contribution in [3.05, 3.63) is 82.6 Å². The Kier molecular flexibility index (Phi) is 5.00. The number of amides is 1. The van der Waals surface area contributed by atoms with Crippen LogP contribution in [0.2, 0.25) is 5.02 Å². The molecule has 0 saturated carbocycles. The maximum absolute atomic E-state index is 12.5. The highest BCUT2D eigenvalue weighted by Gasteiger charge is 2.11. The molecule has 0 bridgehead atoms. The molecule has 1 amide bonds. The van der Waals surface area contributed by atoms with Gasteiger partial charge >= 0.3 is 0 Å². The number of benzene rings is 2. The molecule has 0 fully saturated rings. The number of aryl methyl sites for hydroxylation is 2. The minimum atomic E-state index is -0.208. The Morgan fingerprint density at radius 2 is 1.84 bits per heavy atom. The summed E-state index contributed by atoms with van der Waals surface area (Å²) in [4.78, 5) is 16.8. The van der Waals surface area contributed by atoms with E-state index in [1.54, 1.807) is 36.4 Å². The van der Waals surface area contributed by atoms with E-state index in [1.165, 1.54) is 0 Å². The highest BCUT2D eigenvalue weighted by atomic mass is 35.5. The molecule has 2 aromatic carbocycles. The average molecular weight is 353 g/mol. The van der Waals surface area contributed by atoms with E-state index in [-0.39, 0.29) is 5.91 Å². The number of carbonyl (C=O) groups is 1. The van der Waals surface area contributed by atoms with E-state index in [4.69, 9.17) is 16.3 Å². The number of halogens is 1. The van der Waals surface area contributed by atoms with Crippen LogP contribution in [0.5, 0.6) is 11.5 Å². The third-order valence-electron chi connectivity index (χ3n) is 3.63. The van der Waals surface area contributed by atoms with Crippen molar-refractivity contribution < 1.29 is 9.53 Å². The molecule has 126 valence electrons. The van der Waals surface area contributed by atoms with Gasteiger partial charge in [0.05, 0.1) is 16.3 Å². The number of nitrogens with zero attached hydrogens (tertiary/aromatic N) is 1. The summed E-state index contributed by atoms with van der Waals surface area (Å²) in [6.45, 7) is 3.71. The van der Waals surface area contributed by atoms with Gasteiger partial charge in [-0.2, -0.15) is 0 Å². The van der Waals surface area contributed by atoms with E-state index in [9.17, 15) is 4.79 Å². The first-order valence-corrected chi connectivity index (χ1v) is 8.19. The van der Waals surface area contributed by atoms with Crippen molar-refractivity contribution in [3.63, 3.8) is 0 Å². The number of hydrogen-bond donors (Lipinski definition) is 1. The number of hydrogen-bond acceptors (Lipinski definition) is 3. The lowest BCUT2D eigenvalue weighted by molar-refractivity contribution is 0.102. The van der Waals surface area contributed by atoms with Gasteiger partial charge in [0.2, 0.25) is 0 Å². The van der Waals surface area contributed by atoms with Gasteiger partial charge in [-0.3, -0.25) is 9.78 Å². The van der Waals surface area contributed by atoms with Crippen molar-refractivity contribution in [1.82, 2.24) is 4.98 Å². The van der Waals surface area contributed by atoms with Crippen LogP contribution in [0.1, 0.15) is 21.7 Å². The minimum Gasteiger partial charge on any atom is -0.456 e. The van der Waals surface area contributed by atoms with Gasteiger partial charge in [-0.15, -0.1) is 0 Å². The van der Waals surface area contributed by atoms with Crippen molar-refractivity contribution in [3.8, 4) is 11.5 Å². The molecule has 0 atom stereocenters. The first-order valence-electron chi connectivity index (χ1n) is 7.81. The molecule has 0 radical (unpaired) electrons. The molecule has 0 saturated heterocycles. The van der Waals surface area contributed by atoms with Gasteiger partial charge in [0.25, 0.3) is 5.91 Å². The zero-order valence-electron chi connectivity index (χ0n) is 13.9. The predicted molar refractivity (Wildman–Crippen MR) is 99.6 cm³/mol. The van der Waals surface area contributed by atoms with Crippen molar-refractivity contribution in [2.45, 2.75) is 13.8 Å². The molecule has 1 N–H and O–H groups in total. The smallest absolute Gasteiger partial charge is 0.257 e. The van der Waals surface area contributed by atoms with E-state index < -0.39 is 0 Å². The van der Waals surface area contributed by atoms with Crippen LogP contribution >= 0.6 is 11.6 Å². The van der Waals surface area contributed by atoms with Crippen LogP contribution in [0.3, 0.4) is 0 Å². The molecule has 3 rings (SSSR count). The first-order chi connectivity index (χ1) is 12.0. The fourth-order valence-corrected chi connectivity index (χ4v) is 2.59. The van der Waals surface area contributed by atoms with Crippen LogP contribution in [0, 0.1) is 13.8 Å². The quantitative estimate of drug-likeness (QED) is 0.684. The Morgan fingerprint density at radius 1 is 1.04 bits per heavy atom. The molecule has 0 spiro atoms. The van der Waals surface area contributed by atoms with Crippen LogP contribution in [0.15, 0.2) is 60.7 Å². The number of carbonyl (C=O) groups excluding carboxylic acids is 1. The van der Waals surface area contributed by atoms with E-state index in [1.807, 2.05) is 38.1 Å². The summed E-state index contributed by atoms with van der Waals surface area (Å²) in [5, 5.41) is 3.39. The number of anilines is 1. The van der Waals surface area contributed by atoms with Gasteiger partial charge in [0, 0.05) is 17.4 Å². The van der Waals surface area contributed by atoms with Gasteiger partial charge in [-0.25, -0.2) is 0 Å². The predicted octanol–water partition coefficient (Wildman–Crippen LogP) is 5.40. The molecule has 1 aromatic heterocycles. The van der Waals surface area contributed by atoms with Crippen molar-refractivity contribution >= 4 is 23.2 Å². The number of ether oxygens (including phenoxy) is 1. The van der Waals surface area contributed by atoms with E-state index >= 15 is 0 Å². The summed E-state index contributed by atoms with van der Waals surface area (Å²) < 4.78 is 5.78.